The topological polar surface area (TPSA) is 35.5 Å². The highest BCUT2D eigenvalue weighted by molar-refractivity contribution is 7.55. The van der Waals surface area contributed by atoms with Crippen LogP contribution in [0.4, 0.5) is 0 Å². The van der Waals surface area contributed by atoms with Crippen LogP contribution in [-0.2, 0) is 20.2 Å². The second-order valence-corrected chi connectivity index (χ2v) is 12.1. The highest BCUT2D eigenvalue weighted by Gasteiger charge is 2.74. The van der Waals surface area contributed by atoms with E-state index in [2.05, 4.69) is 58.0 Å². The summed E-state index contributed by atoms with van der Waals surface area (Å²) in [5.74, 6) is 0.0425. The van der Waals surface area contributed by atoms with Crippen LogP contribution in [0.3, 0.4) is 0 Å². The van der Waals surface area contributed by atoms with Gasteiger partial charge in [0.25, 0.3) is 0 Å². The third-order valence-corrected chi connectivity index (χ3v) is 10.0. The van der Waals surface area contributed by atoms with Gasteiger partial charge in [-0.2, -0.15) is 0 Å². The molecule has 2 bridgehead atoms. The van der Waals surface area contributed by atoms with Gasteiger partial charge in [0.1, 0.15) is 0 Å². The van der Waals surface area contributed by atoms with Crippen LogP contribution in [0.5, 0.6) is 0 Å². The number of fused-ring (bicyclic) bond motifs is 4. The number of Topliss-reactive ketones (excluding diaryl/α,β-unsaturated/α-hetero) is 1. The van der Waals surface area contributed by atoms with Crippen molar-refractivity contribution in [1.29, 1.82) is 0 Å². The number of ether oxygens (including phenoxy) is 1. The maximum atomic E-state index is 14.5. The Labute approximate surface area is 198 Å². The summed E-state index contributed by atoms with van der Waals surface area (Å²) < 4.78 is 14.1. The molecule has 0 saturated carbocycles. The smallest absolute Gasteiger partial charge is 0.200 e. The molecule has 2 heterocycles. The summed E-state index contributed by atoms with van der Waals surface area (Å²) in [6.07, 6.45) is 0.911. The third-order valence-electron chi connectivity index (χ3n) is 6.74. The van der Waals surface area contributed by atoms with E-state index in [1.54, 1.807) is 0 Å². The molecule has 4 atom stereocenters. The van der Waals surface area contributed by atoms with E-state index in [1.165, 1.54) is 0 Å². The summed E-state index contributed by atoms with van der Waals surface area (Å²) in [4.78, 5) is 14.5. The van der Waals surface area contributed by atoms with Gasteiger partial charge in [-0.05, 0) is 23.0 Å². The van der Waals surface area contributed by atoms with E-state index in [9.17, 15) is 4.79 Å². The first kappa shape index (κ1) is 22.5. The average molecular weight is 459 g/mol. The quantitative estimate of drug-likeness (QED) is 0.378. The lowest BCUT2D eigenvalue weighted by Gasteiger charge is -2.43. The van der Waals surface area contributed by atoms with Gasteiger partial charge in [-0.25, -0.2) is 0 Å². The summed E-state index contributed by atoms with van der Waals surface area (Å²) in [6, 6.07) is 28.4. The van der Waals surface area contributed by atoms with Crippen LogP contribution in [0, 0.1) is 5.41 Å². The van der Waals surface area contributed by atoms with Crippen LogP contribution >= 0.6 is 8.15 Å². The molecule has 1 saturated heterocycles. The standard InChI is InChI=1S/C29H31O3P/c1-5-20-31-33-26(27(2,3)4)28(21-14-8-6-9-15-21)25(30)23-18-12-13-19-24(23)29(33,32-28)22-16-10-7-11-17-22/h6-19,26H,5,20H2,1-4H3/t26-,28+,29+,33+/m1/s1. The number of hydrogen-bond donors (Lipinski definition) is 0. The summed E-state index contributed by atoms with van der Waals surface area (Å²) >= 11 is 0. The van der Waals surface area contributed by atoms with Crippen LogP contribution in [0.15, 0.2) is 84.9 Å². The van der Waals surface area contributed by atoms with Crippen molar-refractivity contribution in [3.63, 3.8) is 0 Å². The zero-order chi connectivity index (χ0) is 23.3. The predicted molar refractivity (Wildman–Crippen MR) is 134 cm³/mol. The van der Waals surface area contributed by atoms with E-state index >= 15 is 0 Å². The van der Waals surface area contributed by atoms with Crippen molar-refractivity contribution in [2.24, 2.45) is 5.41 Å². The van der Waals surface area contributed by atoms with Gasteiger partial charge in [-0.1, -0.05) is 113 Å². The molecular formula is C29H31O3P. The van der Waals surface area contributed by atoms with Crippen LogP contribution in [0.25, 0.3) is 0 Å². The molecular weight excluding hydrogens is 427 g/mol. The largest absolute Gasteiger partial charge is 0.355 e. The van der Waals surface area contributed by atoms with E-state index < -0.39 is 19.1 Å². The molecule has 0 N–H and O–H groups in total. The van der Waals surface area contributed by atoms with Crippen molar-refractivity contribution in [2.75, 3.05) is 6.61 Å². The molecule has 3 nitrogen and oxygen atoms in total. The van der Waals surface area contributed by atoms with E-state index in [0.717, 1.165) is 28.7 Å². The molecule has 3 aromatic carbocycles. The molecule has 0 aromatic heterocycles. The van der Waals surface area contributed by atoms with Crippen LogP contribution in [0.1, 0.15) is 61.2 Å². The zero-order valence-corrected chi connectivity index (χ0v) is 20.6. The molecule has 0 radical (unpaired) electrons. The highest BCUT2D eigenvalue weighted by atomic mass is 31.1. The molecule has 0 amide bonds. The Balaban J connectivity index is 1.91. The third kappa shape index (κ3) is 3.17. The number of hydrogen-bond acceptors (Lipinski definition) is 3. The number of benzene rings is 3. The Bertz CT molecular complexity index is 1150. The fourth-order valence-electron chi connectivity index (χ4n) is 5.56. The second-order valence-electron chi connectivity index (χ2n) is 10.0. The Morgan fingerprint density at radius 3 is 2.06 bits per heavy atom. The fourth-order valence-corrected chi connectivity index (χ4v) is 9.05. The fraction of sp³-hybridized carbons (Fsp3) is 0.345. The minimum atomic E-state index is -1.23. The van der Waals surface area contributed by atoms with Gasteiger partial charge < -0.3 is 9.26 Å². The first-order valence-corrected chi connectivity index (χ1v) is 13.1. The van der Waals surface area contributed by atoms with Crippen molar-refractivity contribution in [2.45, 2.75) is 50.7 Å². The summed E-state index contributed by atoms with van der Waals surface area (Å²) in [7, 11) is -1.23. The van der Waals surface area contributed by atoms with Crippen molar-refractivity contribution in [3.8, 4) is 0 Å². The molecule has 33 heavy (non-hydrogen) atoms. The Morgan fingerprint density at radius 2 is 1.45 bits per heavy atom. The van der Waals surface area contributed by atoms with E-state index in [1.807, 2.05) is 54.6 Å². The molecule has 3 aromatic rings. The molecule has 0 spiro atoms. The highest BCUT2D eigenvalue weighted by Crippen LogP contribution is 2.79. The van der Waals surface area contributed by atoms with Crippen LogP contribution < -0.4 is 0 Å². The summed E-state index contributed by atoms with van der Waals surface area (Å²) in [6.45, 7) is 9.41. The molecule has 2 aliphatic rings. The van der Waals surface area contributed by atoms with Crippen molar-refractivity contribution >= 4 is 13.9 Å². The van der Waals surface area contributed by atoms with E-state index in [0.29, 0.717) is 6.61 Å². The van der Waals surface area contributed by atoms with Gasteiger partial charge in [0.05, 0.1) is 20.4 Å². The maximum absolute atomic E-state index is 14.5. The van der Waals surface area contributed by atoms with Crippen LogP contribution in [0.2, 0.25) is 0 Å². The zero-order valence-electron chi connectivity index (χ0n) is 19.7. The normalized spacial score (nSPS) is 28.5. The molecule has 5 rings (SSSR count). The minimum absolute atomic E-state index is 0.0425. The Kier molecular flexibility index (Phi) is 5.56. The lowest BCUT2D eigenvalue weighted by Crippen LogP contribution is -2.52. The Morgan fingerprint density at radius 1 is 0.879 bits per heavy atom. The monoisotopic (exact) mass is 458 g/mol. The predicted octanol–water partition coefficient (Wildman–Crippen LogP) is 7.25. The second kappa shape index (κ2) is 8.17. The first-order chi connectivity index (χ1) is 15.9. The first-order valence-electron chi connectivity index (χ1n) is 11.7. The lowest BCUT2D eigenvalue weighted by atomic mass is 9.71. The maximum Gasteiger partial charge on any atom is 0.200 e. The molecule has 170 valence electrons. The molecule has 4 heteroatoms. The van der Waals surface area contributed by atoms with Gasteiger partial charge in [0.15, 0.2) is 16.7 Å². The number of carbonyl (C=O) groups excluding carboxylic acids is 1. The number of ketones is 1. The summed E-state index contributed by atoms with van der Waals surface area (Å²) in [5.41, 5.74) is 2.17. The molecule has 1 fully saturated rings. The van der Waals surface area contributed by atoms with Gasteiger partial charge in [0.2, 0.25) is 0 Å². The average Bonchev–Trinajstić information content (AvgIpc) is 3.13. The summed E-state index contributed by atoms with van der Waals surface area (Å²) in [5, 5.41) is -0.815. The molecule has 2 aliphatic heterocycles. The van der Waals surface area contributed by atoms with Gasteiger partial charge in [-0.3, -0.25) is 4.79 Å². The van der Waals surface area contributed by atoms with Gasteiger partial charge in [-0.15, -0.1) is 0 Å². The number of rotatable bonds is 5. The van der Waals surface area contributed by atoms with Gasteiger partial charge in [0, 0.05) is 11.1 Å². The van der Waals surface area contributed by atoms with Crippen molar-refractivity contribution in [1.82, 2.24) is 0 Å². The SMILES string of the molecule is CCCO[P@@]1[C@H](C(C)(C)C)[C@@]2(c3ccccc3)O[C@]1(c1ccccc1)c1ccccc1C2=O. The van der Waals surface area contributed by atoms with E-state index in [-0.39, 0.29) is 16.9 Å². The van der Waals surface area contributed by atoms with Crippen molar-refractivity contribution in [3.05, 3.63) is 107 Å². The van der Waals surface area contributed by atoms with Gasteiger partial charge >= 0.3 is 0 Å². The number of carbonyl (C=O) groups is 1. The van der Waals surface area contributed by atoms with Crippen molar-refractivity contribution < 1.29 is 14.1 Å². The molecule has 0 aliphatic carbocycles. The minimum Gasteiger partial charge on any atom is -0.355 e. The molecule has 0 unspecified atom stereocenters. The Hall–Kier alpha value is -2.32. The lowest BCUT2D eigenvalue weighted by molar-refractivity contribution is -0.0804. The van der Waals surface area contributed by atoms with E-state index in [4.69, 9.17) is 9.26 Å². The van der Waals surface area contributed by atoms with Crippen LogP contribution in [-0.4, -0.2) is 18.0 Å².